The Morgan fingerprint density at radius 2 is 1.89 bits per heavy atom. The predicted octanol–water partition coefficient (Wildman–Crippen LogP) is 5.06. The number of fused-ring (bicyclic) bond motifs is 2. The lowest BCUT2D eigenvalue weighted by atomic mass is 9.74. The van der Waals surface area contributed by atoms with Gasteiger partial charge in [0.2, 0.25) is 0 Å². The molecule has 1 N–H and O–H groups in total. The second-order valence-corrected chi connectivity index (χ2v) is 7.96. The highest BCUT2D eigenvalue weighted by Crippen LogP contribution is 2.51. The third-order valence-electron chi connectivity index (χ3n) is 6.05. The molecular weight excluding hydrogens is 372 g/mol. The number of carbonyl (C=O) groups excluding carboxylic acids is 1. The second kappa shape index (κ2) is 8.14. The van der Waals surface area contributed by atoms with Crippen LogP contribution < -0.4 is 10.1 Å². The zero-order valence-electron chi connectivity index (χ0n) is 16.5. The molecule has 2 heterocycles. The third-order valence-corrected chi connectivity index (χ3v) is 6.34. The Hall–Kier alpha value is -2.04. The minimum absolute atomic E-state index is 0.0415. The van der Waals surface area contributed by atoms with Gasteiger partial charge in [-0.1, -0.05) is 29.8 Å². The maximum atomic E-state index is 12.8. The molecule has 1 atom stereocenters. The molecule has 2 aromatic rings. The Balaban J connectivity index is 1.78. The van der Waals surface area contributed by atoms with Crippen molar-refractivity contribution in [1.82, 2.24) is 10.2 Å². The fourth-order valence-electron chi connectivity index (χ4n) is 4.55. The van der Waals surface area contributed by atoms with E-state index in [1.54, 1.807) is 0 Å². The molecule has 0 aromatic heterocycles. The molecule has 2 aliphatic rings. The number of rotatable bonds is 4. The standard InChI is InChI=1S/C23H27ClN2O2/c1-3-26(4-2)23(27)16-8-9-17-20(14-16)28-22-18(6-5-7-19(22)24)21(17)15-10-12-25-13-11-15/h5-9,14-15,21,25H,3-4,10-13H2,1-2H3. The highest BCUT2D eigenvalue weighted by Gasteiger charge is 2.35. The summed E-state index contributed by atoms with van der Waals surface area (Å²) in [5.41, 5.74) is 2.99. The third kappa shape index (κ3) is 3.40. The topological polar surface area (TPSA) is 41.6 Å². The van der Waals surface area contributed by atoms with Crippen molar-refractivity contribution in [1.29, 1.82) is 0 Å². The summed E-state index contributed by atoms with van der Waals surface area (Å²) in [7, 11) is 0. The predicted molar refractivity (Wildman–Crippen MR) is 113 cm³/mol. The first-order valence-corrected chi connectivity index (χ1v) is 10.6. The van der Waals surface area contributed by atoms with E-state index in [0.29, 0.717) is 29.6 Å². The summed E-state index contributed by atoms with van der Waals surface area (Å²) in [6.07, 6.45) is 2.24. The van der Waals surface area contributed by atoms with Crippen LogP contribution >= 0.6 is 11.6 Å². The SMILES string of the molecule is CCN(CC)C(=O)c1ccc2c(c1)Oc1c(Cl)cccc1C2C1CCNCC1. The number of nitrogens with zero attached hydrogens (tertiary/aromatic N) is 1. The molecule has 5 heteroatoms. The summed E-state index contributed by atoms with van der Waals surface area (Å²) in [6, 6.07) is 11.9. The van der Waals surface area contributed by atoms with Crippen LogP contribution in [0.3, 0.4) is 0 Å². The molecule has 0 spiro atoms. The van der Waals surface area contributed by atoms with Gasteiger partial charge in [-0.25, -0.2) is 0 Å². The molecule has 1 fully saturated rings. The van der Waals surface area contributed by atoms with E-state index in [4.69, 9.17) is 16.3 Å². The van der Waals surface area contributed by atoms with Gasteiger partial charge in [0.05, 0.1) is 5.02 Å². The number of amides is 1. The van der Waals surface area contributed by atoms with E-state index in [1.165, 1.54) is 0 Å². The molecule has 0 radical (unpaired) electrons. The minimum Gasteiger partial charge on any atom is -0.455 e. The van der Waals surface area contributed by atoms with E-state index in [0.717, 1.165) is 48.6 Å². The van der Waals surface area contributed by atoms with E-state index in [1.807, 2.05) is 43.0 Å². The van der Waals surface area contributed by atoms with Gasteiger partial charge in [0.15, 0.2) is 0 Å². The van der Waals surface area contributed by atoms with E-state index in [2.05, 4.69) is 17.4 Å². The first kappa shape index (κ1) is 19.3. The van der Waals surface area contributed by atoms with E-state index < -0.39 is 0 Å². The molecule has 0 aliphatic carbocycles. The molecule has 0 bridgehead atoms. The average Bonchev–Trinajstić information content (AvgIpc) is 2.73. The average molecular weight is 399 g/mol. The number of ether oxygens (including phenoxy) is 1. The van der Waals surface area contributed by atoms with Crippen LogP contribution in [-0.4, -0.2) is 37.0 Å². The van der Waals surface area contributed by atoms with Crippen LogP contribution in [-0.2, 0) is 0 Å². The van der Waals surface area contributed by atoms with Gasteiger partial charge in [-0.2, -0.15) is 0 Å². The summed E-state index contributed by atoms with van der Waals surface area (Å²) in [4.78, 5) is 14.7. The Morgan fingerprint density at radius 1 is 1.14 bits per heavy atom. The first-order valence-electron chi connectivity index (χ1n) is 10.2. The summed E-state index contributed by atoms with van der Waals surface area (Å²) in [5.74, 6) is 2.33. The van der Waals surface area contributed by atoms with E-state index in [-0.39, 0.29) is 11.8 Å². The van der Waals surface area contributed by atoms with Crippen molar-refractivity contribution in [2.45, 2.75) is 32.6 Å². The number of hydrogen-bond acceptors (Lipinski definition) is 3. The van der Waals surface area contributed by atoms with Crippen LogP contribution in [0.5, 0.6) is 11.5 Å². The molecular formula is C23H27ClN2O2. The maximum Gasteiger partial charge on any atom is 0.253 e. The van der Waals surface area contributed by atoms with Gasteiger partial charge in [-0.15, -0.1) is 0 Å². The number of piperidine rings is 1. The number of nitrogens with one attached hydrogen (secondary N) is 1. The van der Waals surface area contributed by atoms with Crippen LogP contribution in [0, 0.1) is 5.92 Å². The molecule has 1 unspecified atom stereocenters. The van der Waals surface area contributed by atoms with Crippen LogP contribution in [0.2, 0.25) is 5.02 Å². The van der Waals surface area contributed by atoms with Crippen molar-refractivity contribution in [3.63, 3.8) is 0 Å². The molecule has 2 aliphatic heterocycles. The smallest absolute Gasteiger partial charge is 0.253 e. The summed E-state index contributed by atoms with van der Waals surface area (Å²) < 4.78 is 6.25. The van der Waals surface area contributed by atoms with Crippen molar-refractivity contribution >= 4 is 17.5 Å². The zero-order chi connectivity index (χ0) is 19.7. The van der Waals surface area contributed by atoms with Gasteiger partial charge in [0, 0.05) is 35.7 Å². The van der Waals surface area contributed by atoms with Gasteiger partial charge in [0.25, 0.3) is 5.91 Å². The molecule has 28 heavy (non-hydrogen) atoms. The fourth-order valence-corrected chi connectivity index (χ4v) is 4.77. The molecule has 2 aromatic carbocycles. The van der Waals surface area contributed by atoms with E-state index >= 15 is 0 Å². The van der Waals surface area contributed by atoms with Gasteiger partial charge < -0.3 is 15.0 Å². The molecule has 4 rings (SSSR count). The van der Waals surface area contributed by atoms with Crippen LogP contribution in [0.15, 0.2) is 36.4 Å². The Bertz CT molecular complexity index is 873. The summed E-state index contributed by atoms with van der Waals surface area (Å²) in [6.45, 7) is 7.45. The Labute approximate surface area is 171 Å². The van der Waals surface area contributed by atoms with Crippen LogP contribution in [0.4, 0.5) is 0 Å². The zero-order valence-corrected chi connectivity index (χ0v) is 17.3. The molecule has 1 amide bonds. The lowest BCUT2D eigenvalue weighted by Gasteiger charge is -2.36. The molecule has 1 saturated heterocycles. The van der Waals surface area contributed by atoms with Crippen molar-refractivity contribution in [3.05, 3.63) is 58.1 Å². The summed E-state index contributed by atoms with van der Waals surface area (Å²) >= 11 is 6.50. The maximum absolute atomic E-state index is 12.8. The lowest BCUT2D eigenvalue weighted by molar-refractivity contribution is 0.0772. The summed E-state index contributed by atoms with van der Waals surface area (Å²) in [5, 5.41) is 4.08. The second-order valence-electron chi connectivity index (χ2n) is 7.56. The minimum atomic E-state index is 0.0415. The highest BCUT2D eigenvalue weighted by atomic mass is 35.5. The van der Waals surface area contributed by atoms with Crippen LogP contribution in [0.1, 0.15) is 54.1 Å². The van der Waals surface area contributed by atoms with Crippen molar-refractivity contribution < 1.29 is 9.53 Å². The quantitative estimate of drug-likeness (QED) is 0.782. The number of carbonyl (C=O) groups is 1. The van der Waals surface area contributed by atoms with Gasteiger partial charge >= 0.3 is 0 Å². The Morgan fingerprint density at radius 3 is 2.61 bits per heavy atom. The van der Waals surface area contributed by atoms with Crippen molar-refractivity contribution in [2.24, 2.45) is 5.92 Å². The molecule has 148 valence electrons. The van der Waals surface area contributed by atoms with Crippen LogP contribution in [0.25, 0.3) is 0 Å². The van der Waals surface area contributed by atoms with Gasteiger partial charge in [-0.05, 0) is 63.9 Å². The number of benzene rings is 2. The fraction of sp³-hybridized carbons (Fsp3) is 0.435. The Kier molecular flexibility index (Phi) is 5.61. The number of para-hydroxylation sites is 1. The first-order chi connectivity index (χ1) is 13.6. The van der Waals surface area contributed by atoms with Gasteiger partial charge in [-0.3, -0.25) is 4.79 Å². The number of halogens is 1. The van der Waals surface area contributed by atoms with Gasteiger partial charge in [0.1, 0.15) is 11.5 Å². The largest absolute Gasteiger partial charge is 0.455 e. The lowest BCUT2D eigenvalue weighted by Crippen LogP contribution is -2.32. The van der Waals surface area contributed by atoms with Crippen molar-refractivity contribution in [3.8, 4) is 11.5 Å². The normalized spacial score (nSPS) is 18.8. The number of hydrogen-bond donors (Lipinski definition) is 1. The van der Waals surface area contributed by atoms with E-state index in [9.17, 15) is 4.79 Å². The molecule has 0 saturated carbocycles. The molecule has 4 nitrogen and oxygen atoms in total. The monoisotopic (exact) mass is 398 g/mol. The van der Waals surface area contributed by atoms with Crippen molar-refractivity contribution in [2.75, 3.05) is 26.2 Å². The highest BCUT2D eigenvalue weighted by molar-refractivity contribution is 6.32.